The van der Waals surface area contributed by atoms with Crippen LogP contribution in [-0.2, 0) is 24.2 Å². The minimum Gasteiger partial charge on any atom is -0.467 e. The fourth-order valence-corrected chi connectivity index (χ4v) is 5.31. The van der Waals surface area contributed by atoms with Crippen LogP contribution in [0, 0.1) is 11.8 Å². The second kappa shape index (κ2) is 6.56. The standard InChI is InChI=1S/C15H25NO5S/c1-11-3-6-15(7-4-11,14(18)21-2)16-13(17)9-12-5-8-22(19,20)10-12/h11-12H,3-10H2,1-2H3,(H,16,17)/t11?,12-,15?/m0/s1. The normalized spacial score (nSPS) is 34.1. The maximum atomic E-state index is 12.3. The largest absolute Gasteiger partial charge is 0.467 e. The van der Waals surface area contributed by atoms with Crippen LogP contribution in [0.5, 0.6) is 0 Å². The van der Waals surface area contributed by atoms with Gasteiger partial charge in [-0.1, -0.05) is 6.92 Å². The van der Waals surface area contributed by atoms with Gasteiger partial charge in [0, 0.05) is 6.42 Å². The maximum absolute atomic E-state index is 12.3. The monoisotopic (exact) mass is 331 g/mol. The summed E-state index contributed by atoms with van der Waals surface area (Å²) in [7, 11) is -1.66. The molecule has 126 valence electrons. The Morgan fingerprint density at radius 2 is 1.86 bits per heavy atom. The molecule has 0 aromatic carbocycles. The summed E-state index contributed by atoms with van der Waals surface area (Å²) in [4.78, 5) is 24.4. The van der Waals surface area contributed by atoms with Gasteiger partial charge in [-0.25, -0.2) is 13.2 Å². The zero-order chi connectivity index (χ0) is 16.4. The summed E-state index contributed by atoms with van der Waals surface area (Å²) in [5, 5.41) is 2.85. The van der Waals surface area contributed by atoms with Crippen LogP contribution in [0.1, 0.15) is 45.4 Å². The van der Waals surface area contributed by atoms with E-state index >= 15 is 0 Å². The molecule has 0 aromatic heterocycles. The molecule has 0 aromatic rings. The molecule has 2 fully saturated rings. The van der Waals surface area contributed by atoms with Gasteiger partial charge in [0.25, 0.3) is 0 Å². The van der Waals surface area contributed by atoms with Crippen molar-refractivity contribution in [1.82, 2.24) is 5.32 Å². The molecule has 0 radical (unpaired) electrons. The number of carbonyl (C=O) groups excluding carboxylic acids is 2. The smallest absolute Gasteiger partial charge is 0.331 e. The van der Waals surface area contributed by atoms with E-state index in [-0.39, 0.29) is 29.8 Å². The van der Waals surface area contributed by atoms with Crippen LogP contribution in [0.3, 0.4) is 0 Å². The Kier molecular flexibility index (Phi) is 5.14. The highest BCUT2D eigenvalue weighted by Gasteiger charge is 2.43. The summed E-state index contributed by atoms with van der Waals surface area (Å²) in [6.07, 6.45) is 3.58. The minimum atomic E-state index is -2.99. The highest BCUT2D eigenvalue weighted by atomic mass is 32.2. The van der Waals surface area contributed by atoms with Gasteiger partial charge < -0.3 is 10.1 Å². The van der Waals surface area contributed by atoms with E-state index in [2.05, 4.69) is 12.2 Å². The number of hydrogen-bond acceptors (Lipinski definition) is 5. The van der Waals surface area contributed by atoms with Gasteiger partial charge in [0.1, 0.15) is 5.54 Å². The van der Waals surface area contributed by atoms with Gasteiger partial charge in [0.05, 0.1) is 18.6 Å². The van der Waals surface area contributed by atoms with Crippen LogP contribution in [-0.4, -0.2) is 44.4 Å². The molecular formula is C15H25NO5S. The van der Waals surface area contributed by atoms with Crippen LogP contribution in [0.15, 0.2) is 0 Å². The van der Waals surface area contributed by atoms with Gasteiger partial charge >= 0.3 is 5.97 Å². The molecule has 2 rings (SSSR count). The van der Waals surface area contributed by atoms with Crippen molar-refractivity contribution in [2.75, 3.05) is 18.6 Å². The van der Waals surface area contributed by atoms with E-state index in [0.717, 1.165) is 12.8 Å². The van der Waals surface area contributed by atoms with Crippen LogP contribution < -0.4 is 5.32 Å². The molecule has 1 saturated carbocycles. The van der Waals surface area contributed by atoms with E-state index in [4.69, 9.17) is 4.74 Å². The molecule has 7 heteroatoms. The fourth-order valence-electron chi connectivity index (χ4n) is 3.44. The van der Waals surface area contributed by atoms with Gasteiger partial charge in [0.2, 0.25) is 5.91 Å². The Hall–Kier alpha value is -1.11. The van der Waals surface area contributed by atoms with E-state index in [1.54, 1.807) is 0 Å². The molecule has 2 aliphatic rings. The molecule has 0 spiro atoms. The van der Waals surface area contributed by atoms with Crippen molar-refractivity contribution in [1.29, 1.82) is 0 Å². The first-order chi connectivity index (χ1) is 10.3. The van der Waals surface area contributed by atoms with Crippen molar-refractivity contribution in [3.05, 3.63) is 0 Å². The molecule has 1 amide bonds. The van der Waals surface area contributed by atoms with Crippen molar-refractivity contribution in [2.24, 2.45) is 11.8 Å². The second-order valence-electron chi connectivity index (χ2n) is 6.78. The van der Waals surface area contributed by atoms with E-state index in [1.165, 1.54) is 7.11 Å². The summed E-state index contributed by atoms with van der Waals surface area (Å²) in [5.41, 5.74) is -0.935. The third kappa shape index (κ3) is 4.00. The van der Waals surface area contributed by atoms with E-state index in [0.29, 0.717) is 25.2 Å². The molecule has 22 heavy (non-hydrogen) atoms. The molecule has 0 unspecified atom stereocenters. The molecular weight excluding hydrogens is 306 g/mol. The Morgan fingerprint density at radius 1 is 1.23 bits per heavy atom. The molecule has 1 aliphatic heterocycles. The first-order valence-electron chi connectivity index (χ1n) is 7.86. The van der Waals surface area contributed by atoms with Gasteiger partial charge in [-0.3, -0.25) is 4.79 Å². The summed E-state index contributed by atoms with van der Waals surface area (Å²) < 4.78 is 27.8. The summed E-state index contributed by atoms with van der Waals surface area (Å²) in [6.45, 7) is 2.13. The maximum Gasteiger partial charge on any atom is 0.331 e. The van der Waals surface area contributed by atoms with Crippen LogP contribution in [0.4, 0.5) is 0 Å². The topological polar surface area (TPSA) is 89.5 Å². The number of esters is 1. The fraction of sp³-hybridized carbons (Fsp3) is 0.867. The molecule has 1 atom stereocenters. The molecule has 1 saturated heterocycles. The highest BCUT2D eigenvalue weighted by Crippen LogP contribution is 2.33. The lowest BCUT2D eigenvalue weighted by atomic mass is 9.77. The third-order valence-electron chi connectivity index (χ3n) is 4.88. The first-order valence-corrected chi connectivity index (χ1v) is 9.68. The van der Waals surface area contributed by atoms with Crippen molar-refractivity contribution >= 4 is 21.7 Å². The third-order valence-corrected chi connectivity index (χ3v) is 6.72. The van der Waals surface area contributed by atoms with E-state index in [9.17, 15) is 18.0 Å². The average Bonchev–Trinajstić information content (AvgIpc) is 2.79. The number of hydrogen-bond donors (Lipinski definition) is 1. The molecule has 0 bridgehead atoms. The SMILES string of the molecule is COC(=O)C1(NC(=O)C[C@@H]2CCS(=O)(=O)C2)CCC(C)CC1. The van der Waals surface area contributed by atoms with E-state index in [1.807, 2.05) is 0 Å². The van der Waals surface area contributed by atoms with Gasteiger partial charge in [0.15, 0.2) is 9.84 Å². The second-order valence-corrected chi connectivity index (χ2v) is 9.01. The van der Waals surface area contributed by atoms with Crippen LogP contribution in [0.25, 0.3) is 0 Å². The van der Waals surface area contributed by atoms with E-state index < -0.39 is 21.3 Å². The summed E-state index contributed by atoms with van der Waals surface area (Å²) in [5.74, 6) is -0.0153. The van der Waals surface area contributed by atoms with Gasteiger partial charge in [-0.15, -0.1) is 0 Å². The Morgan fingerprint density at radius 3 is 2.36 bits per heavy atom. The van der Waals surface area contributed by atoms with Crippen molar-refractivity contribution < 1.29 is 22.7 Å². The van der Waals surface area contributed by atoms with Crippen molar-refractivity contribution in [3.63, 3.8) is 0 Å². The lowest BCUT2D eigenvalue weighted by molar-refractivity contribution is -0.153. The summed E-state index contributed by atoms with van der Waals surface area (Å²) in [6, 6.07) is 0. The zero-order valence-electron chi connectivity index (χ0n) is 13.3. The number of ether oxygens (including phenoxy) is 1. The number of carbonyl (C=O) groups is 2. The molecule has 1 aliphatic carbocycles. The minimum absolute atomic E-state index is 0.0721. The summed E-state index contributed by atoms with van der Waals surface area (Å²) >= 11 is 0. The average molecular weight is 331 g/mol. The van der Waals surface area contributed by atoms with Crippen molar-refractivity contribution in [3.8, 4) is 0 Å². The zero-order valence-corrected chi connectivity index (χ0v) is 14.1. The molecule has 6 nitrogen and oxygen atoms in total. The predicted molar refractivity (Wildman–Crippen MR) is 81.9 cm³/mol. The number of rotatable bonds is 4. The van der Waals surface area contributed by atoms with Crippen molar-refractivity contribution in [2.45, 2.75) is 51.0 Å². The highest BCUT2D eigenvalue weighted by molar-refractivity contribution is 7.91. The first kappa shape index (κ1) is 17.2. The van der Waals surface area contributed by atoms with Crippen LogP contribution >= 0.6 is 0 Å². The van der Waals surface area contributed by atoms with Gasteiger partial charge in [-0.2, -0.15) is 0 Å². The lowest BCUT2D eigenvalue weighted by Gasteiger charge is -2.37. The Bertz CT molecular complexity index is 534. The van der Waals surface area contributed by atoms with Gasteiger partial charge in [-0.05, 0) is 43.9 Å². The Labute approximate surface area is 131 Å². The lowest BCUT2D eigenvalue weighted by Crippen LogP contribution is -2.57. The number of nitrogens with one attached hydrogen (secondary N) is 1. The Balaban J connectivity index is 1.98. The molecule has 1 N–H and O–H groups in total. The number of amides is 1. The quantitative estimate of drug-likeness (QED) is 0.778. The predicted octanol–water partition coefficient (Wildman–Crippen LogP) is 1.05. The number of methoxy groups -OCH3 is 1. The van der Waals surface area contributed by atoms with Crippen LogP contribution in [0.2, 0.25) is 0 Å². The molecule has 1 heterocycles. The number of sulfone groups is 1.